The van der Waals surface area contributed by atoms with Crippen molar-refractivity contribution in [1.82, 2.24) is 4.90 Å². The van der Waals surface area contributed by atoms with Crippen LogP contribution in [-0.2, 0) is 0 Å². The third kappa shape index (κ3) is 2.83. The van der Waals surface area contributed by atoms with E-state index in [4.69, 9.17) is 23.2 Å². The van der Waals surface area contributed by atoms with Crippen LogP contribution in [0.3, 0.4) is 0 Å². The summed E-state index contributed by atoms with van der Waals surface area (Å²) in [7, 11) is 4.31. The standard InChI is InChI=1S/C18H19Cl2N/c1-21(2)18-10-8-13(14-5-3-4-6-15(14)18)12-7-9-16(19)17(20)11-12/h3-7,9,11,13,18H,8,10H2,1-2H3/t13-,18+/m1/s1. The Bertz CT molecular complexity index is 651. The molecule has 0 bridgehead atoms. The number of hydrogen-bond acceptors (Lipinski definition) is 1. The average Bonchev–Trinajstić information content (AvgIpc) is 2.49. The summed E-state index contributed by atoms with van der Waals surface area (Å²) < 4.78 is 0. The molecule has 0 aliphatic heterocycles. The lowest BCUT2D eigenvalue weighted by molar-refractivity contribution is 0.263. The van der Waals surface area contributed by atoms with Gasteiger partial charge >= 0.3 is 0 Å². The second-order valence-electron chi connectivity index (χ2n) is 5.91. The van der Waals surface area contributed by atoms with Gasteiger partial charge in [-0.2, -0.15) is 0 Å². The molecule has 21 heavy (non-hydrogen) atoms. The Labute approximate surface area is 136 Å². The molecule has 0 amide bonds. The summed E-state index contributed by atoms with van der Waals surface area (Å²) in [5.74, 6) is 0.409. The van der Waals surface area contributed by atoms with Gasteiger partial charge in [0.2, 0.25) is 0 Å². The van der Waals surface area contributed by atoms with Crippen molar-refractivity contribution in [2.75, 3.05) is 14.1 Å². The molecular weight excluding hydrogens is 301 g/mol. The highest BCUT2D eigenvalue weighted by Gasteiger charge is 2.29. The lowest BCUT2D eigenvalue weighted by atomic mass is 9.76. The first-order chi connectivity index (χ1) is 10.1. The molecule has 2 atom stereocenters. The minimum Gasteiger partial charge on any atom is -0.302 e. The van der Waals surface area contributed by atoms with Crippen LogP contribution in [0, 0.1) is 0 Å². The number of halogens is 2. The van der Waals surface area contributed by atoms with Crippen molar-refractivity contribution in [3.05, 3.63) is 69.2 Å². The second-order valence-corrected chi connectivity index (χ2v) is 6.73. The molecule has 0 spiro atoms. The van der Waals surface area contributed by atoms with Crippen LogP contribution in [0.4, 0.5) is 0 Å². The highest BCUT2D eigenvalue weighted by molar-refractivity contribution is 6.42. The molecule has 0 saturated carbocycles. The topological polar surface area (TPSA) is 3.24 Å². The SMILES string of the molecule is CN(C)[C@H]1CC[C@H](c2ccc(Cl)c(Cl)c2)c2ccccc21. The maximum atomic E-state index is 6.20. The van der Waals surface area contributed by atoms with Crippen LogP contribution in [-0.4, -0.2) is 19.0 Å². The first kappa shape index (κ1) is 14.9. The van der Waals surface area contributed by atoms with Gasteiger partial charge in [-0.15, -0.1) is 0 Å². The molecule has 2 aromatic rings. The van der Waals surface area contributed by atoms with Gasteiger partial charge in [-0.25, -0.2) is 0 Å². The molecule has 3 heteroatoms. The Kier molecular flexibility index (Phi) is 4.26. The minimum absolute atomic E-state index is 0.409. The van der Waals surface area contributed by atoms with E-state index in [0.29, 0.717) is 22.0 Å². The molecule has 0 fully saturated rings. The van der Waals surface area contributed by atoms with Gasteiger partial charge in [-0.3, -0.25) is 0 Å². The van der Waals surface area contributed by atoms with Crippen molar-refractivity contribution < 1.29 is 0 Å². The molecule has 1 aliphatic carbocycles. The van der Waals surface area contributed by atoms with Crippen molar-refractivity contribution in [3.8, 4) is 0 Å². The van der Waals surface area contributed by atoms with Crippen molar-refractivity contribution in [3.63, 3.8) is 0 Å². The van der Waals surface area contributed by atoms with Gasteiger partial charge in [-0.1, -0.05) is 53.5 Å². The third-order valence-corrected chi connectivity index (χ3v) is 5.17. The molecule has 0 aromatic heterocycles. The van der Waals surface area contributed by atoms with Crippen LogP contribution in [0.5, 0.6) is 0 Å². The van der Waals surface area contributed by atoms with Crippen LogP contribution < -0.4 is 0 Å². The summed E-state index contributed by atoms with van der Waals surface area (Å²) in [4.78, 5) is 2.31. The predicted molar refractivity (Wildman–Crippen MR) is 90.4 cm³/mol. The fourth-order valence-electron chi connectivity index (χ4n) is 3.38. The molecule has 0 radical (unpaired) electrons. The predicted octanol–water partition coefficient (Wildman–Crippen LogP) is 5.52. The Balaban J connectivity index is 2.05. The summed E-state index contributed by atoms with van der Waals surface area (Å²) in [6.45, 7) is 0. The highest BCUT2D eigenvalue weighted by Crippen LogP contribution is 2.43. The lowest BCUT2D eigenvalue weighted by Crippen LogP contribution is -2.26. The fourth-order valence-corrected chi connectivity index (χ4v) is 3.69. The molecule has 0 unspecified atom stereocenters. The van der Waals surface area contributed by atoms with Crippen LogP contribution in [0.2, 0.25) is 10.0 Å². The first-order valence-corrected chi connectivity index (χ1v) is 8.03. The first-order valence-electron chi connectivity index (χ1n) is 7.28. The molecule has 1 nitrogen and oxygen atoms in total. The zero-order valence-corrected chi connectivity index (χ0v) is 13.8. The van der Waals surface area contributed by atoms with Crippen molar-refractivity contribution in [2.24, 2.45) is 0 Å². The zero-order chi connectivity index (χ0) is 15.0. The number of rotatable bonds is 2. The van der Waals surface area contributed by atoms with E-state index in [-0.39, 0.29) is 0 Å². The Morgan fingerprint density at radius 3 is 2.29 bits per heavy atom. The van der Waals surface area contributed by atoms with Crippen LogP contribution in [0.25, 0.3) is 0 Å². The average molecular weight is 320 g/mol. The summed E-state index contributed by atoms with van der Waals surface area (Å²) in [5.41, 5.74) is 4.11. The number of benzene rings is 2. The minimum atomic E-state index is 0.409. The molecule has 0 saturated heterocycles. The van der Waals surface area contributed by atoms with Gasteiger partial charge in [0.1, 0.15) is 0 Å². The maximum absolute atomic E-state index is 6.20. The Morgan fingerprint density at radius 2 is 1.62 bits per heavy atom. The quantitative estimate of drug-likeness (QED) is 0.704. The van der Waals surface area contributed by atoms with Crippen molar-refractivity contribution in [1.29, 1.82) is 0 Å². The molecule has 0 N–H and O–H groups in total. The molecule has 0 heterocycles. The van der Waals surface area contributed by atoms with Gasteiger partial charge in [0.25, 0.3) is 0 Å². The molecule has 110 valence electrons. The molecular formula is C18H19Cl2N. The van der Waals surface area contributed by atoms with E-state index >= 15 is 0 Å². The second kappa shape index (κ2) is 6.00. The van der Waals surface area contributed by atoms with E-state index in [2.05, 4.69) is 49.3 Å². The third-order valence-electron chi connectivity index (χ3n) is 4.43. The number of fused-ring (bicyclic) bond motifs is 1. The van der Waals surface area contributed by atoms with Gasteiger partial charge in [-0.05, 0) is 55.8 Å². The smallest absolute Gasteiger partial charge is 0.0595 e. The summed E-state index contributed by atoms with van der Waals surface area (Å²) in [6.07, 6.45) is 2.30. The number of nitrogens with zero attached hydrogens (tertiary/aromatic N) is 1. The van der Waals surface area contributed by atoms with E-state index < -0.39 is 0 Å². The van der Waals surface area contributed by atoms with Crippen LogP contribution in [0.1, 0.15) is 41.5 Å². The van der Waals surface area contributed by atoms with E-state index in [9.17, 15) is 0 Å². The van der Waals surface area contributed by atoms with Crippen molar-refractivity contribution >= 4 is 23.2 Å². The Hall–Kier alpha value is -1.02. The number of hydrogen-bond donors (Lipinski definition) is 0. The molecule has 1 aliphatic rings. The maximum Gasteiger partial charge on any atom is 0.0595 e. The Morgan fingerprint density at radius 1 is 0.905 bits per heavy atom. The van der Waals surface area contributed by atoms with E-state index in [0.717, 1.165) is 12.8 Å². The zero-order valence-electron chi connectivity index (χ0n) is 12.3. The fraction of sp³-hybridized carbons (Fsp3) is 0.333. The van der Waals surface area contributed by atoms with Crippen molar-refractivity contribution in [2.45, 2.75) is 24.8 Å². The van der Waals surface area contributed by atoms with Crippen LogP contribution >= 0.6 is 23.2 Å². The van der Waals surface area contributed by atoms with Crippen LogP contribution in [0.15, 0.2) is 42.5 Å². The largest absolute Gasteiger partial charge is 0.302 e. The summed E-state index contributed by atoms with van der Waals surface area (Å²) >= 11 is 12.2. The molecule has 3 rings (SSSR count). The summed E-state index contributed by atoms with van der Waals surface area (Å²) in [6, 6.07) is 15.3. The lowest BCUT2D eigenvalue weighted by Gasteiger charge is -2.35. The molecule has 2 aromatic carbocycles. The van der Waals surface area contributed by atoms with Gasteiger partial charge < -0.3 is 4.90 Å². The van der Waals surface area contributed by atoms with E-state index in [1.54, 1.807) is 0 Å². The van der Waals surface area contributed by atoms with Gasteiger partial charge in [0.05, 0.1) is 10.0 Å². The highest BCUT2D eigenvalue weighted by atomic mass is 35.5. The van der Waals surface area contributed by atoms with E-state index in [1.807, 2.05) is 12.1 Å². The van der Waals surface area contributed by atoms with Gasteiger partial charge in [0, 0.05) is 12.0 Å². The van der Waals surface area contributed by atoms with Gasteiger partial charge in [0.15, 0.2) is 0 Å². The normalized spacial score (nSPS) is 21.4. The van der Waals surface area contributed by atoms with E-state index in [1.165, 1.54) is 16.7 Å². The summed E-state index contributed by atoms with van der Waals surface area (Å²) in [5, 5.41) is 1.26. The monoisotopic (exact) mass is 319 g/mol.